The van der Waals surface area contributed by atoms with Crippen molar-refractivity contribution < 1.29 is 19.4 Å². The second kappa shape index (κ2) is 7.27. The number of hydrogen-bond acceptors (Lipinski definition) is 4. The van der Waals surface area contributed by atoms with Crippen molar-refractivity contribution in [2.45, 2.75) is 25.7 Å². The minimum Gasteiger partial charge on any atom is -0.508 e. The lowest BCUT2D eigenvalue weighted by molar-refractivity contribution is -0.138. The normalized spacial score (nSPS) is 9.78. The highest BCUT2D eigenvalue weighted by Crippen LogP contribution is 2.11. The number of aromatic hydroxyl groups is 1. The SMILES string of the molecule is C=CCCCCC(=O)OC(=O)c1ccc(O)cc1. The molecule has 4 nitrogen and oxygen atoms in total. The molecule has 0 spiro atoms. The zero-order chi connectivity index (χ0) is 13.4. The second-order valence-corrected chi connectivity index (χ2v) is 3.84. The van der Waals surface area contributed by atoms with Gasteiger partial charge in [0, 0.05) is 6.42 Å². The second-order valence-electron chi connectivity index (χ2n) is 3.84. The van der Waals surface area contributed by atoms with Crippen LogP contribution in [-0.4, -0.2) is 17.0 Å². The third-order valence-corrected chi connectivity index (χ3v) is 2.35. The van der Waals surface area contributed by atoms with E-state index >= 15 is 0 Å². The summed E-state index contributed by atoms with van der Waals surface area (Å²) in [5.74, 6) is -1.16. The Kier molecular flexibility index (Phi) is 5.64. The minimum atomic E-state index is -0.691. The first-order valence-corrected chi connectivity index (χ1v) is 5.78. The molecule has 4 heteroatoms. The van der Waals surface area contributed by atoms with Gasteiger partial charge in [-0.25, -0.2) is 4.79 Å². The van der Waals surface area contributed by atoms with E-state index in [0.29, 0.717) is 6.42 Å². The maximum absolute atomic E-state index is 11.5. The molecular weight excluding hydrogens is 232 g/mol. The zero-order valence-electron chi connectivity index (χ0n) is 10.1. The molecular formula is C14H16O4. The predicted molar refractivity (Wildman–Crippen MR) is 67.2 cm³/mol. The van der Waals surface area contributed by atoms with E-state index in [9.17, 15) is 9.59 Å². The van der Waals surface area contributed by atoms with Gasteiger partial charge >= 0.3 is 11.9 Å². The van der Waals surface area contributed by atoms with Gasteiger partial charge in [0.2, 0.25) is 0 Å². The van der Waals surface area contributed by atoms with Crippen molar-refractivity contribution in [1.29, 1.82) is 0 Å². The number of esters is 2. The van der Waals surface area contributed by atoms with Gasteiger partial charge < -0.3 is 9.84 Å². The third-order valence-electron chi connectivity index (χ3n) is 2.35. The quantitative estimate of drug-likeness (QED) is 0.364. The van der Waals surface area contributed by atoms with Crippen molar-refractivity contribution >= 4 is 11.9 Å². The van der Waals surface area contributed by atoms with E-state index in [1.54, 1.807) is 6.08 Å². The van der Waals surface area contributed by atoms with E-state index in [1.807, 2.05) is 0 Å². The lowest BCUT2D eigenvalue weighted by atomic mass is 10.2. The molecule has 1 aromatic carbocycles. The average molecular weight is 248 g/mol. The van der Waals surface area contributed by atoms with E-state index < -0.39 is 11.9 Å². The van der Waals surface area contributed by atoms with Gasteiger partial charge in [-0.1, -0.05) is 6.08 Å². The fraction of sp³-hybridized carbons (Fsp3) is 0.286. The van der Waals surface area contributed by atoms with Crippen molar-refractivity contribution in [2.75, 3.05) is 0 Å². The Labute approximate surface area is 106 Å². The van der Waals surface area contributed by atoms with Crippen molar-refractivity contribution in [1.82, 2.24) is 0 Å². The number of unbranched alkanes of at least 4 members (excludes halogenated alkanes) is 2. The van der Waals surface area contributed by atoms with Gasteiger partial charge in [-0.2, -0.15) is 0 Å². The summed E-state index contributed by atoms with van der Waals surface area (Å²) in [6.45, 7) is 3.58. The number of allylic oxidation sites excluding steroid dienone is 1. The standard InChI is InChI=1S/C14H16O4/c1-2-3-4-5-6-13(16)18-14(17)11-7-9-12(15)10-8-11/h2,7-10,15H,1,3-6H2. The molecule has 0 aliphatic heterocycles. The van der Waals surface area contributed by atoms with Crippen LogP contribution in [0.25, 0.3) is 0 Å². The van der Waals surface area contributed by atoms with Crippen LogP contribution in [0, 0.1) is 0 Å². The van der Waals surface area contributed by atoms with E-state index in [-0.39, 0.29) is 17.7 Å². The molecule has 0 amide bonds. The summed E-state index contributed by atoms with van der Waals surface area (Å²) in [7, 11) is 0. The van der Waals surface area contributed by atoms with Crippen LogP contribution in [0.1, 0.15) is 36.0 Å². The average Bonchev–Trinajstić information content (AvgIpc) is 2.35. The van der Waals surface area contributed by atoms with Gasteiger partial charge in [0.05, 0.1) is 5.56 Å². The van der Waals surface area contributed by atoms with Crippen molar-refractivity contribution in [3.8, 4) is 5.75 Å². The molecule has 0 atom stereocenters. The molecule has 96 valence electrons. The third kappa shape index (κ3) is 4.82. The number of carbonyl (C=O) groups is 2. The number of ether oxygens (including phenoxy) is 1. The van der Waals surface area contributed by atoms with Gasteiger partial charge in [0.15, 0.2) is 0 Å². The number of phenols is 1. The molecule has 1 rings (SSSR count). The topological polar surface area (TPSA) is 63.6 Å². The molecule has 0 aliphatic carbocycles. The highest BCUT2D eigenvalue weighted by Gasteiger charge is 2.12. The Bertz CT molecular complexity index is 420. The Morgan fingerprint density at radius 2 is 1.89 bits per heavy atom. The number of benzene rings is 1. The van der Waals surface area contributed by atoms with E-state index in [4.69, 9.17) is 5.11 Å². The molecule has 0 aliphatic rings. The van der Waals surface area contributed by atoms with Crippen molar-refractivity contribution in [3.05, 3.63) is 42.5 Å². The number of phenolic OH excluding ortho intramolecular Hbond substituents is 1. The fourth-order valence-electron chi connectivity index (χ4n) is 1.37. The molecule has 0 bridgehead atoms. The summed E-state index contributed by atoms with van der Waals surface area (Å²) >= 11 is 0. The van der Waals surface area contributed by atoms with Crippen molar-refractivity contribution in [2.24, 2.45) is 0 Å². The summed E-state index contributed by atoms with van der Waals surface area (Å²) in [4.78, 5) is 22.9. The number of carbonyl (C=O) groups excluding carboxylic acids is 2. The Balaban J connectivity index is 2.37. The largest absolute Gasteiger partial charge is 0.508 e. The predicted octanol–water partition coefficient (Wildman–Crippen LogP) is 2.82. The van der Waals surface area contributed by atoms with Gasteiger partial charge in [-0.3, -0.25) is 4.79 Å². The van der Waals surface area contributed by atoms with Crippen LogP contribution >= 0.6 is 0 Å². The summed E-state index contributed by atoms with van der Waals surface area (Å²) in [6, 6.07) is 5.54. The lowest BCUT2D eigenvalue weighted by Gasteiger charge is -2.03. The van der Waals surface area contributed by atoms with Gasteiger partial charge in [0.1, 0.15) is 5.75 Å². The highest BCUT2D eigenvalue weighted by molar-refractivity contribution is 5.96. The van der Waals surface area contributed by atoms with E-state index in [1.165, 1.54) is 24.3 Å². The first kappa shape index (κ1) is 14.0. The van der Waals surface area contributed by atoms with Crippen LogP contribution in [0.5, 0.6) is 5.75 Å². The van der Waals surface area contributed by atoms with Gasteiger partial charge in [0.25, 0.3) is 0 Å². The summed E-state index contributed by atoms with van der Waals surface area (Å²) in [6.07, 6.45) is 4.38. The van der Waals surface area contributed by atoms with Gasteiger partial charge in [-0.15, -0.1) is 6.58 Å². The molecule has 0 saturated heterocycles. The minimum absolute atomic E-state index is 0.0577. The maximum atomic E-state index is 11.5. The van der Waals surface area contributed by atoms with E-state index in [0.717, 1.165) is 12.8 Å². The van der Waals surface area contributed by atoms with Crippen LogP contribution in [0.4, 0.5) is 0 Å². The molecule has 0 saturated carbocycles. The first-order valence-electron chi connectivity index (χ1n) is 5.78. The smallest absolute Gasteiger partial charge is 0.345 e. The highest BCUT2D eigenvalue weighted by atomic mass is 16.6. The van der Waals surface area contributed by atoms with Crippen LogP contribution in [0.3, 0.4) is 0 Å². The molecule has 0 fully saturated rings. The molecule has 1 N–H and O–H groups in total. The van der Waals surface area contributed by atoms with Crippen molar-refractivity contribution in [3.63, 3.8) is 0 Å². The molecule has 18 heavy (non-hydrogen) atoms. The van der Waals surface area contributed by atoms with Crippen LogP contribution < -0.4 is 0 Å². The van der Waals surface area contributed by atoms with Crippen LogP contribution in [0.15, 0.2) is 36.9 Å². The molecule has 0 radical (unpaired) electrons. The lowest BCUT2D eigenvalue weighted by Crippen LogP contribution is -2.12. The molecule has 1 aromatic rings. The maximum Gasteiger partial charge on any atom is 0.345 e. The number of rotatable bonds is 6. The molecule has 0 unspecified atom stereocenters. The monoisotopic (exact) mass is 248 g/mol. The van der Waals surface area contributed by atoms with Crippen LogP contribution in [0.2, 0.25) is 0 Å². The molecule has 0 aromatic heterocycles. The Morgan fingerprint density at radius 1 is 1.22 bits per heavy atom. The summed E-state index contributed by atoms with van der Waals surface area (Å²) < 4.78 is 4.67. The van der Waals surface area contributed by atoms with Crippen LogP contribution in [-0.2, 0) is 9.53 Å². The Morgan fingerprint density at radius 3 is 2.50 bits per heavy atom. The summed E-state index contributed by atoms with van der Waals surface area (Å²) in [5, 5.41) is 9.06. The van der Waals surface area contributed by atoms with E-state index in [2.05, 4.69) is 11.3 Å². The molecule has 0 heterocycles. The first-order chi connectivity index (χ1) is 8.63. The summed E-state index contributed by atoms with van der Waals surface area (Å²) in [5.41, 5.74) is 0.243. The number of hydrogen-bond donors (Lipinski definition) is 1. The zero-order valence-corrected chi connectivity index (χ0v) is 10.1. The van der Waals surface area contributed by atoms with Gasteiger partial charge in [-0.05, 0) is 43.5 Å². The fourth-order valence-corrected chi connectivity index (χ4v) is 1.37. The Hall–Kier alpha value is -2.10.